The molecule has 0 aliphatic rings. The van der Waals surface area contributed by atoms with Gasteiger partial charge in [-0.2, -0.15) is 5.10 Å². The first-order valence-corrected chi connectivity index (χ1v) is 13.5. The molecule has 0 bridgehead atoms. The van der Waals surface area contributed by atoms with E-state index in [-0.39, 0.29) is 5.82 Å². The Balaban J connectivity index is 1.31. The molecule has 6 rings (SSSR count). The molecule has 0 spiro atoms. The molecule has 0 radical (unpaired) electrons. The fourth-order valence-electron chi connectivity index (χ4n) is 4.95. The largest absolute Gasteiger partial charge is 0.352 e. The molecule has 7 heteroatoms. The van der Waals surface area contributed by atoms with Crippen molar-refractivity contribution in [1.29, 1.82) is 0 Å². The van der Waals surface area contributed by atoms with Gasteiger partial charge in [-0.25, -0.2) is 9.37 Å². The number of nitrogens with one attached hydrogen (secondary N) is 3. The van der Waals surface area contributed by atoms with Crippen LogP contribution < -0.4 is 5.32 Å². The standard InChI is InChI=1S/C34H29FN6/c1-3-22(18-36-19-23-9-6-5-7-10-23)15-24(4-2)29-13-14-30-33(39-29)34(41-40-30)31-17-27-28(20-37-21-32(27)38-31)25-11-8-12-26(35)16-25/h3-17,20-21,36,38H,1,18-19H2,2H3,(H,40,41)/b22-15+,24-4+. The number of aromatic nitrogens is 5. The third kappa shape index (κ3) is 5.48. The lowest BCUT2D eigenvalue weighted by atomic mass is 10.0. The molecule has 6 nitrogen and oxygen atoms in total. The first kappa shape index (κ1) is 26.1. The predicted molar refractivity (Wildman–Crippen MR) is 164 cm³/mol. The number of hydrogen-bond donors (Lipinski definition) is 3. The molecular weight excluding hydrogens is 511 g/mol. The van der Waals surface area contributed by atoms with Crippen molar-refractivity contribution >= 4 is 27.5 Å². The van der Waals surface area contributed by atoms with Gasteiger partial charge >= 0.3 is 0 Å². The van der Waals surface area contributed by atoms with Crippen LogP contribution in [0.2, 0.25) is 0 Å². The lowest BCUT2D eigenvalue weighted by molar-refractivity contribution is 0.628. The van der Waals surface area contributed by atoms with Crippen molar-refractivity contribution in [2.75, 3.05) is 6.54 Å². The number of pyridine rings is 2. The highest BCUT2D eigenvalue weighted by Crippen LogP contribution is 2.33. The van der Waals surface area contributed by atoms with Gasteiger partial charge in [0.15, 0.2) is 0 Å². The van der Waals surface area contributed by atoms with Gasteiger partial charge in [0, 0.05) is 30.2 Å². The molecule has 0 saturated heterocycles. The highest BCUT2D eigenvalue weighted by molar-refractivity contribution is 6.00. The summed E-state index contributed by atoms with van der Waals surface area (Å²) in [5.41, 5.74) is 9.67. The number of aromatic amines is 2. The van der Waals surface area contributed by atoms with Crippen LogP contribution in [0.4, 0.5) is 4.39 Å². The van der Waals surface area contributed by atoms with Crippen LogP contribution in [0.25, 0.3) is 50.0 Å². The van der Waals surface area contributed by atoms with E-state index in [2.05, 4.69) is 56.3 Å². The van der Waals surface area contributed by atoms with Gasteiger partial charge in [-0.05, 0) is 65.6 Å². The molecule has 0 atom stereocenters. The van der Waals surface area contributed by atoms with Crippen molar-refractivity contribution in [1.82, 2.24) is 30.5 Å². The summed E-state index contributed by atoms with van der Waals surface area (Å²) in [7, 11) is 0. The molecule has 0 aliphatic heterocycles. The van der Waals surface area contributed by atoms with Gasteiger partial charge in [0.1, 0.15) is 17.0 Å². The van der Waals surface area contributed by atoms with Gasteiger partial charge in [-0.1, -0.05) is 61.2 Å². The minimum absolute atomic E-state index is 0.286. The van der Waals surface area contributed by atoms with E-state index < -0.39 is 0 Å². The maximum absolute atomic E-state index is 14.0. The molecule has 41 heavy (non-hydrogen) atoms. The quantitative estimate of drug-likeness (QED) is 0.165. The second-order valence-electron chi connectivity index (χ2n) is 9.76. The fraction of sp³-hybridized carbons (Fsp3) is 0.0882. The Bertz CT molecular complexity index is 1910. The van der Waals surface area contributed by atoms with Crippen LogP contribution in [0.5, 0.6) is 0 Å². The van der Waals surface area contributed by atoms with Gasteiger partial charge in [0.05, 0.1) is 28.6 Å². The van der Waals surface area contributed by atoms with Gasteiger partial charge in [-0.15, -0.1) is 0 Å². The second kappa shape index (κ2) is 11.5. The molecule has 0 saturated carbocycles. The Morgan fingerprint density at radius 2 is 1.88 bits per heavy atom. The lowest BCUT2D eigenvalue weighted by Crippen LogP contribution is -2.16. The minimum atomic E-state index is -0.286. The van der Waals surface area contributed by atoms with Crippen LogP contribution in [-0.4, -0.2) is 31.7 Å². The number of nitrogens with zero attached hydrogens (tertiary/aromatic N) is 3. The van der Waals surface area contributed by atoms with Crippen molar-refractivity contribution in [2.45, 2.75) is 13.5 Å². The van der Waals surface area contributed by atoms with Crippen molar-refractivity contribution < 1.29 is 4.39 Å². The van der Waals surface area contributed by atoms with Crippen LogP contribution in [0, 0.1) is 5.82 Å². The summed E-state index contributed by atoms with van der Waals surface area (Å²) in [6.45, 7) is 7.49. The van der Waals surface area contributed by atoms with E-state index in [4.69, 9.17) is 4.98 Å². The predicted octanol–water partition coefficient (Wildman–Crippen LogP) is 7.61. The summed E-state index contributed by atoms with van der Waals surface area (Å²) in [5.74, 6) is -0.286. The van der Waals surface area contributed by atoms with Gasteiger partial charge in [-0.3, -0.25) is 10.1 Å². The Hall–Kier alpha value is -5.14. The summed E-state index contributed by atoms with van der Waals surface area (Å²) in [4.78, 5) is 12.8. The molecule has 2 aromatic carbocycles. The van der Waals surface area contributed by atoms with E-state index in [1.165, 1.54) is 17.7 Å². The van der Waals surface area contributed by atoms with Crippen LogP contribution in [0.1, 0.15) is 18.2 Å². The number of hydrogen-bond acceptors (Lipinski definition) is 4. The number of benzene rings is 2. The Kier molecular flexibility index (Phi) is 7.34. The zero-order valence-electron chi connectivity index (χ0n) is 22.7. The fourth-order valence-corrected chi connectivity index (χ4v) is 4.95. The monoisotopic (exact) mass is 540 g/mol. The van der Waals surface area contributed by atoms with E-state index in [0.29, 0.717) is 12.2 Å². The first-order chi connectivity index (χ1) is 20.1. The van der Waals surface area contributed by atoms with Crippen LogP contribution in [0.3, 0.4) is 0 Å². The normalized spacial score (nSPS) is 12.3. The molecule has 4 aromatic heterocycles. The van der Waals surface area contributed by atoms with Crippen molar-refractivity contribution in [3.63, 3.8) is 0 Å². The third-order valence-electron chi connectivity index (χ3n) is 7.05. The van der Waals surface area contributed by atoms with Crippen molar-refractivity contribution in [2.24, 2.45) is 0 Å². The van der Waals surface area contributed by atoms with E-state index in [9.17, 15) is 4.39 Å². The van der Waals surface area contributed by atoms with E-state index in [1.807, 2.05) is 55.5 Å². The third-order valence-corrected chi connectivity index (χ3v) is 7.05. The molecule has 0 aliphatic carbocycles. The summed E-state index contributed by atoms with van der Waals surface area (Å²) in [6, 6.07) is 22.9. The number of rotatable bonds is 9. The summed E-state index contributed by atoms with van der Waals surface area (Å²) < 4.78 is 14.0. The Morgan fingerprint density at radius 3 is 2.68 bits per heavy atom. The zero-order chi connectivity index (χ0) is 28.2. The average molecular weight is 541 g/mol. The average Bonchev–Trinajstić information content (AvgIpc) is 3.63. The maximum Gasteiger partial charge on any atom is 0.135 e. The molecule has 0 unspecified atom stereocenters. The van der Waals surface area contributed by atoms with E-state index in [1.54, 1.807) is 18.5 Å². The minimum Gasteiger partial charge on any atom is -0.352 e. The van der Waals surface area contributed by atoms with E-state index in [0.717, 1.165) is 62.1 Å². The van der Waals surface area contributed by atoms with Crippen LogP contribution in [-0.2, 0) is 6.54 Å². The van der Waals surface area contributed by atoms with Gasteiger partial charge < -0.3 is 10.3 Å². The van der Waals surface area contributed by atoms with Crippen LogP contribution in [0.15, 0.2) is 116 Å². The number of fused-ring (bicyclic) bond motifs is 2. The summed E-state index contributed by atoms with van der Waals surface area (Å²) in [5, 5.41) is 12.1. The highest BCUT2D eigenvalue weighted by Gasteiger charge is 2.16. The van der Waals surface area contributed by atoms with Gasteiger partial charge in [0.2, 0.25) is 0 Å². The van der Waals surface area contributed by atoms with Crippen molar-refractivity contribution in [3.05, 3.63) is 133 Å². The molecule has 4 heterocycles. The molecule has 3 N–H and O–H groups in total. The van der Waals surface area contributed by atoms with E-state index >= 15 is 0 Å². The highest BCUT2D eigenvalue weighted by atomic mass is 19.1. The molecule has 0 fully saturated rings. The van der Waals surface area contributed by atoms with Crippen molar-refractivity contribution in [3.8, 4) is 22.5 Å². The Labute approximate surface area is 237 Å². The molecule has 6 aromatic rings. The molecular formula is C34H29FN6. The molecule has 0 amide bonds. The SMILES string of the molecule is C=C/C(=C\C(=C/C)c1ccc2[nH]nc(-c3cc4c(-c5cccc(F)c5)cncc4[nH]3)c2n1)CNCc1ccccc1. The number of halogens is 1. The number of allylic oxidation sites excluding steroid dienone is 3. The smallest absolute Gasteiger partial charge is 0.135 e. The number of H-pyrrole nitrogens is 2. The lowest BCUT2D eigenvalue weighted by Gasteiger charge is -2.08. The first-order valence-electron chi connectivity index (χ1n) is 13.5. The second-order valence-corrected chi connectivity index (χ2v) is 9.76. The summed E-state index contributed by atoms with van der Waals surface area (Å²) >= 11 is 0. The topological polar surface area (TPSA) is 82.3 Å². The zero-order valence-corrected chi connectivity index (χ0v) is 22.7. The van der Waals surface area contributed by atoms with Gasteiger partial charge in [0.25, 0.3) is 0 Å². The molecule has 202 valence electrons. The maximum atomic E-state index is 14.0. The van der Waals surface area contributed by atoms with Crippen LogP contribution >= 0.6 is 0 Å². The summed E-state index contributed by atoms with van der Waals surface area (Å²) in [6.07, 6.45) is 9.55. The Morgan fingerprint density at radius 1 is 1.00 bits per heavy atom.